The molecule has 3 aromatic carbocycles. The predicted octanol–water partition coefficient (Wildman–Crippen LogP) is 4.82. The lowest BCUT2D eigenvalue weighted by atomic mass is 10.1. The molecule has 11 nitrogen and oxygen atoms in total. The lowest BCUT2D eigenvalue weighted by Gasteiger charge is -2.26. The number of hydrogen-bond acceptors (Lipinski definition) is 8. The van der Waals surface area contributed by atoms with Gasteiger partial charge < -0.3 is 24.1 Å². The molecule has 1 saturated heterocycles. The maximum absolute atomic E-state index is 13.3. The van der Waals surface area contributed by atoms with Gasteiger partial charge in [0.25, 0.3) is 11.8 Å². The smallest absolute Gasteiger partial charge is 0.335 e. The number of nitrogens with one attached hydrogen (secondary N) is 1. The summed E-state index contributed by atoms with van der Waals surface area (Å²) in [6, 6.07) is 15.5. The van der Waals surface area contributed by atoms with Crippen molar-refractivity contribution in [3.8, 4) is 23.0 Å². The van der Waals surface area contributed by atoms with Crippen LogP contribution < -0.4 is 24.3 Å². The van der Waals surface area contributed by atoms with Crippen LogP contribution in [0.2, 0.25) is 0 Å². The number of rotatable bonds is 13. The predicted molar refractivity (Wildman–Crippen MR) is 156 cm³/mol. The highest BCUT2D eigenvalue weighted by Crippen LogP contribution is 2.31. The summed E-state index contributed by atoms with van der Waals surface area (Å²) in [7, 11) is 1.45. The van der Waals surface area contributed by atoms with Crippen molar-refractivity contribution in [1.82, 2.24) is 10.2 Å². The Labute approximate surface area is 248 Å². The van der Waals surface area contributed by atoms with Gasteiger partial charge in [-0.05, 0) is 72.5 Å². The van der Waals surface area contributed by atoms with Gasteiger partial charge in [-0.1, -0.05) is 31.2 Å². The first-order valence-electron chi connectivity index (χ1n) is 13.6. The molecule has 0 aromatic heterocycles. The topological polar surface area (TPSA) is 141 Å². The van der Waals surface area contributed by atoms with Crippen LogP contribution in [0.25, 0.3) is 6.08 Å². The van der Waals surface area contributed by atoms with Crippen LogP contribution in [0.1, 0.15) is 47.3 Å². The van der Waals surface area contributed by atoms with Crippen molar-refractivity contribution in [1.29, 1.82) is 0 Å². The first-order chi connectivity index (χ1) is 20.7. The van der Waals surface area contributed by atoms with Crippen molar-refractivity contribution >= 4 is 29.9 Å². The van der Waals surface area contributed by atoms with Gasteiger partial charge in [0.1, 0.15) is 12.2 Å². The number of urea groups is 1. The third kappa shape index (κ3) is 7.50. The number of amides is 4. The highest BCUT2D eigenvalue weighted by molar-refractivity contribution is 6.31. The van der Waals surface area contributed by atoms with E-state index in [9.17, 15) is 19.2 Å². The zero-order valence-corrected chi connectivity index (χ0v) is 24.0. The van der Waals surface area contributed by atoms with Crippen molar-refractivity contribution in [2.24, 2.45) is 0 Å². The SMILES string of the molecule is CCCOc1ccc(CN2C(=O)NC(=O)/C(=C\c3ccc(OCc4ccc(C(=O)O)cc4)c(OC)c3)C2=O)cc1OCC. The highest BCUT2D eigenvalue weighted by atomic mass is 16.5. The van der Waals surface area contributed by atoms with Crippen molar-refractivity contribution in [2.45, 2.75) is 33.4 Å². The molecule has 0 radical (unpaired) electrons. The Morgan fingerprint density at radius 2 is 1.56 bits per heavy atom. The van der Waals surface area contributed by atoms with Crippen molar-refractivity contribution < 1.29 is 43.2 Å². The molecule has 1 aliphatic heterocycles. The van der Waals surface area contributed by atoms with Crippen molar-refractivity contribution in [3.05, 3.63) is 88.5 Å². The van der Waals surface area contributed by atoms with E-state index in [0.29, 0.717) is 47.3 Å². The number of carbonyl (C=O) groups is 4. The Hall–Kier alpha value is -5.32. The number of ether oxygens (including phenoxy) is 4. The molecule has 0 spiro atoms. The van der Waals surface area contributed by atoms with E-state index in [-0.39, 0.29) is 24.3 Å². The summed E-state index contributed by atoms with van der Waals surface area (Å²) in [6.45, 7) is 4.83. The molecule has 43 heavy (non-hydrogen) atoms. The minimum absolute atomic E-state index is 0.0903. The van der Waals surface area contributed by atoms with E-state index >= 15 is 0 Å². The van der Waals surface area contributed by atoms with E-state index in [1.54, 1.807) is 48.5 Å². The summed E-state index contributed by atoms with van der Waals surface area (Å²) >= 11 is 0. The summed E-state index contributed by atoms with van der Waals surface area (Å²) in [5.74, 6) is -0.761. The van der Waals surface area contributed by atoms with Gasteiger partial charge in [0.15, 0.2) is 23.0 Å². The second-order valence-corrected chi connectivity index (χ2v) is 9.47. The molecule has 224 valence electrons. The molecule has 11 heteroatoms. The van der Waals surface area contributed by atoms with E-state index in [0.717, 1.165) is 16.9 Å². The fraction of sp³-hybridized carbons (Fsp3) is 0.250. The van der Waals surface area contributed by atoms with Gasteiger partial charge in [-0.25, -0.2) is 9.59 Å². The molecule has 1 heterocycles. The Kier molecular flexibility index (Phi) is 10.00. The Morgan fingerprint density at radius 3 is 2.23 bits per heavy atom. The molecule has 1 aliphatic rings. The largest absolute Gasteiger partial charge is 0.493 e. The van der Waals surface area contributed by atoms with Crippen LogP contribution in [0, 0.1) is 0 Å². The van der Waals surface area contributed by atoms with E-state index in [4.69, 9.17) is 24.1 Å². The standard InChI is InChI=1S/C32H32N2O9/c1-4-14-42-26-13-9-22(17-28(26)41-5-2)18-34-30(36)24(29(35)33-32(34)39)15-21-8-12-25(27(16-21)40-3)43-19-20-6-10-23(11-7-20)31(37)38/h6-13,15-17H,4-5,14,18-19H2,1-3H3,(H,37,38)(H,33,35,39)/b24-15+. The average molecular weight is 589 g/mol. The van der Waals surface area contributed by atoms with E-state index in [1.165, 1.54) is 25.3 Å². The third-order valence-electron chi connectivity index (χ3n) is 6.39. The number of imide groups is 2. The van der Waals surface area contributed by atoms with Gasteiger partial charge in [0, 0.05) is 0 Å². The van der Waals surface area contributed by atoms with Gasteiger partial charge >= 0.3 is 12.0 Å². The normalized spacial score (nSPS) is 14.0. The monoisotopic (exact) mass is 588 g/mol. The maximum atomic E-state index is 13.3. The molecule has 3 aromatic rings. The number of carbonyl (C=O) groups excluding carboxylic acids is 3. The first kappa shape index (κ1) is 30.6. The average Bonchev–Trinajstić information content (AvgIpc) is 3.00. The third-order valence-corrected chi connectivity index (χ3v) is 6.39. The molecule has 0 aliphatic carbocycles. The maximum Gasteiger partial charge on any atom is 0.335 e. The van der Waals surface area contributed by atoms with Crippen molar-refractivity contribution in [2.75, 3.05) is 20.3 Å². The van der Waals surface area contributed by atoms with E-state index < -0.39 is 23.8 Å². The molecule has 4 rings (SSSR count). The van der Waals surface area contributed by atoms with Crippen LogP contribution >= 0.6 is 0 Å². The summed E-state index contributed by atoms with van der Waals surface area (Å²) < 4.78 is 22.7. The van der Waals surface area contributed by atoms with Gasteiger partial charge in [0.05, 0.1) is 32.4 Å². The summed E-state index contributed by atoms with van der Waals surface area (Å²) in [5.41, 5.74) is 1.79. The Bertz CT molecular complexity index is 1550. The number of aromatic carboxylic acids is 1. The second kappa shape index (κ2) is 14.0. The Morgan fingerprint density at radius 1 is 0.860 bits per heavy atom. The number of barbiturate groups is 1. The highest BCUT2D eigenvalue weighted by Gasteiger charge is 2.36. The second-order valence-electron chi connectivity index (χ2n) is 9.47. The number of carboxylic acids is 1. The quantitative estimate of drug-likeness (QED) is 0.212. The number of methoxy groups -OCH3 is 1. The van der Waals surface area contributed by atoms with Crippen LogP contribution in [-0.2, 0) is 22.7 Å². The van der Waals surface area contributed by atoms with Gasteiger partial charge in [-0.3, -0.25) is 19.8 Å². The number of nitrogens with zero attached hydrogens (tertiary/aromatic N) is 1. The molecule has 0 unspecified atom stereocenters. The molecule has 0 atom stereocenters. The fourth-order valence-corrected chi connectivity index (χ4v) is 4.24. The van der Waals surface area contributed by atoms with E-state index in [1.807, 2.05) is 13.8 Å². The van der Waals surface area contributed by atoms with Crippen LogP contribution in [0.5, 0.6) is 23.0 Å². The van der Waals surface area contributed by atoms with Crippen LogP contribution in [-0.4, -0.2) is 54.1 Å². The minimum Gasteiger partial charge on any atom is -0.493 e. The minimum atomic E-state index is -1.02. The molecule has 4 amide bonds. The first-order valence-corrected chi connectivity index (χ1v) is 13.6. The molecular formula is C32H32N2O9. The molecule has 1 fully saturated rings. The molecule has 0 saturated carbocycles. The van der Waals surface area contributed by atoms with Crippen LogP contribution in [0.4, 0.5) is 4.79 Å². The number of hydrogen-bond donors (Lipinski definition) is 2. The summed E-state index contributed by atoms with van der Waals surface area (Å²) in [5, 5.41) is 11.3. The van der Waals surface area contributed by atoms with E-state index in [2.05, 4.69) is 5.32 Å². The zero-order chi connectivity index (χ0) is 30.9. The number of carboxylic acid groups (broad SMARTS) is 1. The fourth-order valence-electron chi connectivity index (χ4n) is 4.24. The summed E-state index contributed by atoms with van der Waals surface area (Å²) in [4.78, 5) is 50.7. The van der Waals surface area contributed by atoms with Crippen molar-refractivity contribution in [3.63, 3.8) is 0 Å². The van der Waals surface area contributed by atoms with Gasteiger partial charge in [-0.2, -0.15) is 0 Å². The molecular weight excluding hydrogens is 556 g/mol. The van der Waals surface area contributed by atoms with Gasteiger partial charge in [0.2, 0.25) is 0 Å². The van der Waals surface area contributed by atoms with Crippen LogP contribution in [0.15, 0.2) is 66.2 Å². The van der Waals surface area contributed by atoms with Gasteiger partial charge in [-0.15, -0.1) is 0 Å². The number of benzene rings is 3. The summed E-state index contributed by atoms with van der Waals surface area (Å²) in [6.07, 6.45) is 2.20. The lowest BCUT2D eigenvalue weighted by molar-refractivity contribution is -0.130. The lowest BCUT2D eigenvalue weighted by Crippen LogP contribution is -2.53. The zero-order valence-electron chi connectivity index (χ0n) is 24.0. The van der Waals surface area contributed by atoms with Crippen LogP contribution in [0.3, 0.4) is 0 Å². The molecule has 0 bridgehead atoms. The molecule has 2 N–H and O–H groups in total. The Balaban J connectivity index is 1.51.